The lowest BCUT2D eigenvalue weighted by Crippen LogP contribution is -2.41. The highest BCUT2D eigenvalue weighted by atomic mass is 35.5. The van der Waals surface area contributed by atoms with E-state index >= 15 is 0 Å². The molecule has 0 aliphatic carbocycles. The van der Waals surface area contributed by atoms with Gasteiger partial charge in [0, 0.05) is 30.9 Å². The van der Waals surface area contributed by atoms with Crippen LogP contribution < -0.4 is 10.6 Å². The van der Waals surface area contributed by atoms with E-state index in [2.05, 4.69) is 10.6 Å². The fourth-order valence-corrected chi connectivity index (χ4v) is 3.72. The maximum atomic E-state index is 12.9. The van der Waals surface area contributed by atoms with Gasteiger partial charge in [-0.3, -0.25) is 14.4 Å². The second kappa shape index (κ2) is 6.17. The molecule has 4 rings (SSSR count). The molecule has 0 saturated carbocycles. The van der Waals surface area contributed by atoms with Crippen LogP contribution in [-0.2, 0) is 11.8 Å². The van der Waals surface area contributed by atoms with Gasteiger partial charge >= 0.3 is 0 Å². The van der Waals surface area contributed by atoms with Gasteiger partial charge in [0.15, 0.2) is 0 Å². The molecule has 1 fully saturated rings. The molecular weight excluding hydrogens is 356 g/mol. The molecule has 0 bridgehead atoms. The van der Waals surface area contributed by atoms with Crippen LogP contribution in [0.5, 0.6) is 0 Å². The van der Waals surface area contributed by atoms with Crippen LogP contribution in [0.2, 0.25) is 5.02 Å². The van der Waals surface area contributed by atoms with Crippen molar-refractivity contribution in [2.45, 2.75) is 18.5 Å². The quantitative estimate of drug-likeness (QED) is 0.840. The van der Waals surface area contributed by atoms with E-state index in [1.165, 1.54) is 4.90 Å². The predicted molar refractivity (Wildman–Crippen MR) is 96.2 cm³/mol. The largest absolute Gasteiger partial charge is 0.347 e. The summed E-state index contributed by atoms with van der Waals surface area (Å²) >= 11 is 5.96. The lowest BCUT2D eigenvalue weighted by atomic mass is 10.1. The summed E-state index contributed by atoms with van der Waals surface area (Å²) in [6.45, 7) is 0.287. The summed E-state index contributed by atoms with van der Waals surface area (Å²) in [4.78, 5) is 39.4. The molecule has 2 aliphatic rings. The van der Waals surface area contributed by atoms with Crippen LogP contribution in [0.4, 0.5) is 5.69 Å². The first kappa shape index (κ1) is 16.7. The molecule has 1 aromatic carbocycles. The first-order valence-corrected chi connectivity index (χ1v) is 8.65. The summed E-state index contributed by atoms with van der Waals surface area (Å²) in [5.74, 6) is -0.731. The zero-order valence-corrected chi connectivity index (χ0v) is 14.8. The minimum atomic E-state index is -0.618. The van der Waals surface area contributed by atoms with Crippen LogP contribution in [0.25, 0.3) is 0 Å². The van der Waals surface area contributed by atoms with E-state index in [1.807, 2.05) is 0 Å². The number of anilines is 1. The van der Waals surface area contributed by atoms with Crippen LogP contribution >= 0.6 is 11.6 Å². The average molecular weight is 373 g/mol. The SMILES string of the molecule is Cn1cccc1C(=O)N[C@H]1C[C@H]2C(=O)Nc3cc(Cl)ccc3C(=O)N2C1. The Labute approximate surface area is 154 Å². The van der Waals surface area contributed by atoms with Crippen molar-refractivity contribution >= 4 is 35.0 Å². The van der Waals surface area contributed by atoms with E-state index < -0.39 is 6.04 Å². The van der Waals surface area contributed by atoms with Crippen molar-refractivity contribution in [2.75, 3.05) is 11.9 Å². The van der Waals surface area contributed by atoms with Gasteiger partial charge in [-0.25, -0.2) is 0 Å². The van der Waals surface area contributed by atoms with Gasteiger partial charge in [0.1, 0.15) is 11.7 Å². The predicted octanol–water partition coefficient (Wildman–Crippen LogP) is 1.64. The summed E-state index contributed by atoms with van der Waals surface area (Å²) < 4.78 is 1.72. The normalized spacial score (nSPS) is 21.7. The van der Waals surface area contributed by atoms with Gasteiger partial charge in [-0.2, -0.15) is 0 Å². The highest BCUT2D eigenvalue weighted by molar-refractivity contribution is 6.31. The highest BCUT2D eigenvalue weighted by Crippen LogP contribution is 2.30. The molecule has 0 radical (unpaired) electrons. The van der Waals surface area contributed by atoms with Gasteiger partial charge < -0.3 is 20.1 Å². The standard InChI is InChI=1S/C18H17ClN4O3/c1-22-6-2-3-14(22)16(24)20-11-8-15-17(25)21-13-7-10(19)4-5-12(13)18(26)23(15)9-11/h2-7,11,15H,8-9H2,1H3,(H,20,24)(H,21,25)/t11-,15-/m0/s1. The minimum Gasteiger partial charge on any atom is -0.347 e. The van der Waals surface area contributed by atoms with Crippen LogP contribution in [0.15, 0.2) is 36.5 Å². The number of carbonyl (C=O) groups is 3. The van der Waals surface area contributed by atoms with Gasteiger partial charge in [0.05, 0.1) is 11.3 Å². The molecule has 3 amide bonds. The van der Waals surface area contributed by atoms with Gasteiger partial charge in [0.25, 0.3) is 11.8 Å². The van der Waals surface area contributed by atoms with E-state index in [0.29, 0.717) is 28.4 Å². The molecule has 1 aromatic heterocycles. The molecule has 1 saturated heterocycles. The van der Waals surface area contributed by atoms with Crippen molar-refractivity contribution in [1.82, 2.24) is 14.8 Å². The van der Waals surface area contributed by atoms with Crippen molar-refractivity contribution in [3.8, 4) is 0 Å². The van der Waals surface area contributed by atoms with E-state index in [4.69, 9.17) is 11.6 Å². The van der Waals surface area contributed by atoms with E-state index in [-0.39, 0.29) is 30.3 Å². The van der Waals surface area contributed by atoms with Crippen LogP contribution in [0.1, 0.15) is 27.3 Å². The molecule has 26 heavy (non-hydrogen) atoms. The number of nitrogens with zero attached hydrogens (tertiary/aromatic N) is 2. The zero-order valence-electron chi connectivity index (χ0n) is 14.0. The summed E-state index contributed by atoms with van der Waals surface area (Å²) in [5.41, 5.74) is 1.36. The van der Waals surface area contributed by atoms with E-state index in [1.54, 1.807) is 48.1 Å². The third-order valence-corrected chi connectivity index (χ3v) is 5.08. The fourth-order valence-electron chi connectivity index (χ4n) is 3.55. The second-order valence-corrected chi connectivity index (χ2v) is 7.00. The van der Waals surface area contributed by atoms with Crippen molar-refractivity contribution in [3.63, 3.8) is 0 Å². The number of aromatic nitrogens is 1. The molecule has 2 aliphatic heterocycles. The van der Waals surface area contributed by atoms with E-state index in [0.717, 1.165) is 0 Å². The number of benzene rings is 1. The van der Waals surface area contributed by atoms with Gasteiger partial charge in [-0.15, -0.1) is 0 Å². The highest BCUT2D eigenvalue weighted by Gasteiger charge is 2.43. The molecule has 8 heteroatoms. The molecule has 134 valence electrons. The third-order valence-electron chi connectivity index (χ3n) is 4.85. The maximum Gasteiger partial charge on any atom is 0.268 e. The second-order valence-electron chi connectivity index (χ2n) is 6.56. The number of carbonyl (C=O) groups excluding carboxylic acids is 3. The van der Waals surface area contributed by atoms with Crippen molar-refractivity contribution in [2.24, 2.45) is 7.05 Å². The molecule has 2 aromatic rings. The van der Waals surface area contributed by atoms with Gasteiger partial charge in [-0.1, -0.05) is 11.6 Å². The first-order valence-electron chi connectivity index (χ1n) is 8.27. The lowest BCUT2D eigenvalue weighted by molar-refractivity contribution is -0.119. The summed E-state index contributed by atoms with van der Waals surface area (Å²) in [6, 6.07) is 7.41. The van der Waals surface area contributed by atoms with Crippen molar-refractivity contribution < 1.29 is 14.4 Å². The van der Waals surface area contributed by atoms with E-state index in [9.17, 15) is 14.4 Å². The first-order chi connectivity index (χ1) is 12.4. The molecule has 3 heterocycles. The third kappa shape index (κ3) is 2.74. The maximum absolute atomic E-state index is 12.9. The van der Waals surface area contributed by atoms with Crippen molar-refractivity contribution in [1.29, 1.82) is 0 Å². The fraction of sp³-hybridized carbons (Fsp3) is 0.278. The number of fused-ring (bicyclic) bond motifs is 2. The Morgan fingerprint density at radius 1 is 1.31 bits per heavy atom. The molecular formula is C18H17ClN4O3. The Hall–Kier alpha value is -2.80. The number of halogens is 1. The van der Waals surface area contributed by atoms with Gasteiger partial charge in [-0.05, 0) is 36.8 Å². The Balaban J connectivity index is 1.56. The number of nitrogens with one attached hydrogen (secondary N) is 2. The Kier molecular flexibility index (Phi) is 3.96. The smallest absolute Gasteiger partial charge is 0.268 e. The number of amides is 3. The molecule has 2 N–H and O–H groups in total. The zero-order chi connectivity index (χ0) is 18.4. The average Bonchev–Trinajstić information content (AvgIpc) is 3.18. The lowest BCUT2D eigenvalue weighted by Gasteiger charge is -2.20. The summed E-state index contributed by atoms with van der Waals surface area (Å²) in [5, 5.41) is 6.14. The summed E-state index contributed by atoms with van der Waals surface area (Å²) in [6.07, 6.45) is 2.16. The molecule has 0 spiro atoms. The monoisotopic (exact) mass is 372 g/mol. The number of hydrogen-bond donors (Lipinski definition) is 2. The van der Waals surface area contributed by atoms with Gasteiger partial charge in [0.2, 0.25) is 5.91 Å². The minimum absolute atomic E-state index is 0.222. The Morgan fingerprint density at radius 3 is 2.85 bits per heavy atom. The van der Waals surface area contributed by atoms with Crippen LogP contribution in [0.3, 0.4) is 0 Å². The number of rotatable bonds is 2. The Bertz CT molecular complexity index is 923. The topological polar surface area (TPSA) is 83.4 Å². The number of aryl methyl sites for hydroxylation is 1. The Morgan fingerprint density at radius 2 is 2.12 bits per heavy atom. The van der Waals surface area contributed by atoms with Crippen LogP contribution in [-0.4, -0.2) is 45.8 Å². The van der Waals surface area contributed by atoms with Crippen LogP contribution in [0, 0.1) is 0 Å². The molecule has 7 nitrogen and oxygen atoms in total. The number of hydrogen-bond acceptors (Lipinski definition) is 3. The van der Waals surface area contributed by atoms with Crippen molar-refractivity contribution in [3.05, 3.63) is 52.8 Å². The summed E-state index contributed by atoms with van der Waals surface area (Å²) in [7, 11) is 1.79. The molecule has 0 unspecified atom stereocenters. The molecule has 2 atom stereocenters.